The molecule has 6 heteroatoms. The second-order valence-corrected chi connectivity index (χ2v) is 8.15. The number of thioether (sulfide) groups is 1. The lowest BCUT2D eigenvalue weighted by atomic mass is 10.2. The molecule has 5 nitrogen and oxygen atoms in total. The molecule has 0 aromatic heterocycles. The third kappa shape index (κ3) is 8.74. The van der Waals surface area contributed by atoms with Crippen LogP contribution in [0, 0.1) is 5.92 Å². The molecule has 1 amide bonds. The number of carbonyl (C=O) groups excluding carboxylic acids is 1. The summed E-state index contributed by atoms with van der Waals surface area (Å²) in [5.74, 6) is 1.21. The summed E-state index contributed by atoms with van der Waals surface area (Å²) in [6.45, 7) is 4.73. The maximum absolute atomic E-state index is 12.3. The van der Waals surface area contributed by atoms with E-state index in [1.165, 1.54) is 17.4 Å². The average Bonchev–Trinajstić information content (AvgIpc) is 2.75. The maximum Gasteiger partial charge on any atom is 0.303 e. The number of nitrogens with one attached hydrogen (secondary N) is 1. The number of para-hydroxylation sites is 2. The number of ether oxygens (including phenoxy) is 1. The SMILES string of the molecule is CCC(C)CSc1ccc(C=CC(=O)Nc2ccccc2OCCCC(=O)O)cc1. The molecule has 0 heterocycles. The van der Waals surface area contributed by atoms with Gasteiger partial charge in [0, 0.05) is 23.1 Å². The van der Waals surface area contributed by atoms with Crippen molar-refractivity contribution in [1.82, 2.24) is 0 Å². The number of hydrogen-bond acceptors (Lipinski definition) is 4. The van der Waals surface area contributed by atoms with Crippen molar-refractivity contribution in [2.45, 2.75) is 38.0 Å². The molecule has 1 atom stereocenters. The molecule has 0 aliphatic rings. The van der Waals surface area contributed by atoms with Gasteiger partial charge >= 0.3 is 5.97 Å². The first-order valence-electron chi connectivity index (χ1n) is 10.1. The van der Waals surface area contributed by atoms with Gasteiger partial charge in [0.25, 0.3) is 0 Å². The Kier molecular flexibility index (Phi) is 10.0. The number of anilines is 1. The highest BCUT2D eigenvalue weighted by Crippen LogP contribution is 2.25. The van der Waals surface area contributed by atoms with Crippen molar-refractivity contribution in [2.24, 2.45) is 5.92 Å². The summed E-state index contributed by atoms with van der Waals surface area (Å²) in [7, 11) is 0. The monoisotopic (exact) mass is 427 g/mol. The molecule has 0 aliphatic carbocycles. The van der Waals surface area contributed by atoms with Gasteiger partial charge in [-0.05, 0) is 48.2 Å². The minimum atomic E-state index is -0.854. The summed E-state index contributed by atoms with van der Waals surface area (Å²) >= 11 is 1.85. The van der Waals surface area contributed by atoms with E-state index in [4.69, 9.17) is 9.84 Å². The van der Waals surface area contributed by atoms with Crippen LogP contribution in [0.4, 0.5) is 5.69 Å². The van der Waals surface area contributed by atoms with Crippen LogP contribution in [0.15, 0.2) is 59.5 Å². The molecule has 2 N–H and O–H groups in total. The molecule has 0 fully saturated rings. The Morgan fingerprint density at radius 2 is 1.90 bits per heavy atom. The molecule has 1 unspecified atom stereocenters. The second-order valence-electron chi connectivity index (χ2n) is 7.06. The Morgan fingerprint density at radius 1 is 1.17 bits per heavy atom. The highest BCUT2D eigenvalue weighted by molar-refractivity contribution is 7.99. The molecular weight excluding hydrogens is 398 g/mol. The lowest BCUT2D eigenvalue weighted by Gasteiger charge is -2.11. The molecule has 30 heavy (non-hydrogen) atoms. The Balaban J connectivity index is 1.88. The third-order valence-electron chi connectivity index (χ3n) is 4.48. The first-order chi connectivity index (χ1) is 14.5. The quantitative estimate of drug-likeness (QED) is 0.257. The van der Waals surface area contributed by atoms with Crippen molar-refractivity contribution in [1.29, 1.82) is 0 Å². The first-order valence-corrected chi connectivity index (χ1v) is 11.1. The van der Waals surface area contributed by atoms with Gasteiger partial charge in [-0.2, -0.15) is 0 Å². The van der Waals surface area contributed by atoms with Crippen LogP contribution in [0.1, 0.15) is 38.7 Å². The zero-order valence-corrected chi connectivity index (χ0v) is 18.3. The highest BCUT2D eigenvalue weighted by atomic mass is 32.2. The summed E-state index contributed by atoms with van der Waals surface area (Å²) < 4.78 is 5.61. The van der Waals surface area contributed by atoms with Crippen LogP contribution < -0.4 is 10.1 Å². The van der Waals surface area contributed by atoms with Gasteiger partial charge in [-0.3, -0.25) is 9.59 Å². The molecule has 0 aliphatic heterocycles. The van der Waals surface area contributed by atoms with Gasteiger partial charge < -0.3 is 15.2 Å². The largest absolute Gasteiger partial charge is 0.491 e. The van der Waals surface area contributed by atoms with E-state index in [2.05, 4.69) is 31.3 Å². The maximum atomic E-state index is 12.3. The van der Waals surface area contributed by atoms with Crippen LogP contribution >= 0.6 is 11.8 Å². The van der Waals surface area contributed by atoms with Crippen LogP contribution in [0.3, 0.4) is 0 Å². The van der Waals surface area contributed by atoms with Crippen molar-refractivity contribution >= 4 is 35.4 Å². The summed E-state index contributed by atoms with van der Waals surface area (Å²) in [4.78, 5) is 24.1. The normalized spacial score (nSPS) is 11.9. The van der Waals surface area contributed by atoms with Crippen LogP contribution in [0.2, 0.25) is 0 Å². The van der Waals surface area contributed by atoms with Crippen LogP contribution in [0.25, 0.3) is 6.08 Å². The van der Waals surface area contributed by atoms with Crippen molar-refractivity contribution in [3.05, 3.63) is 60.2 Å². The number of benzene rings is 2. The van der Waals surface area contributed by atoms with Crippen molar-refractivity contribution in [3.8, 4) is 5.75 Å². The van der Waals surface area contributed by atoms with E-state index in [0.29, 0.717) is 23.8 Å². The zero-order valence-electron chi connectivity index (χ0n) is 17.5. The topological polar surface area (TPSA) is 75.6 Å². The van der Waals surface area contributed by atoms with E-state index in [0.717, 1.165) is 11.3 Å². The Labute approximate surface area is 182 Å². The van der Waals surface area contributed by atoms with E-state index < -0.39 is 5.97 Å². The summed E-state index contributed by atoms with van der Waals surface area (Å²) in [5.41, 5.74) is 1.51. The number of carboxylic acid groups (broad SMARTS) is 1. The van der Waals surface area contributed by atoms with Gasteiger partial charge in [-0.25, -0.2) is 0 Å². The van der Waals surface area contributed by atoms with Crippen LogP contribution in [-0.2, 0) is 9.59 Å². The van der Waals surface area contributed by atoms with Crippen molar-refractivity contribution in [2.75, 3.05) is 17.7 Å². The molecule has 0 radical (unpaired) electrons. The number of aliphatic carboxylic acids is 1. The molecule has 2 rings (SSSR count). The number of rotatable bonds is 12. The number of carboxylic acids is 1. The molecular formula is C24H29NO4S. The molecule has 2 aromatic carbocycles. The number of carbonyl (C=O) groups is 2. The highest BCUT2D eigenvalue weighted by Gasteiger charge is 2.06. The van der Waals surface area contributed by atoms with E-state index in [-0.39, 0.29) is 18.9 Å². The Hall–Kier alpha value is -2.73. The molecule has 0 bridgehead atoms. The van der Waals surface area contributed by atoms with E-state index in [9.17, 15) is 9.59 Å². The summed E-state index contributed by atoms with van der Waals surface area (Å²) in [5, 5.41) is 11.5. The average molecular weight is 428 g/mol. The zero-order chi connectivity index (χ0) is 21.8. The van der Waals surface area contributed by atoms with Gasteiger partial charge in [-0.15, -0.1) is 11.8 Å². The predicted octanol–water partition coefficient (Wildman–Crippen LogP) is 5.72. The Bertz CT molecular complexity index is 849. The fourth-order valence-corrected chi connectivity index (χ4v) is 3.52. The van der Waals surface area contributed by atoms with Crippen LogP contribution in [0.5, 0.6) is 5.75 Å². The predicted molar refractivity (Wildman–Crippen MR) is 123 cm³/mol. The first kappa shape index (κ1) is 23.5. The van der Waals surface area contributed by atoms with Gasteiger partial charge in [0.05, 0.1) is 12.3 Å². The van der Waals surface area contributed by atoms with Gasteiger partial charge in [0.2, 0.25) is 5.91 Å². The summed E-state index contributed by atoms with van der Waals surface area (Å²) in [6.07, 6.45) is 4.89. The number of hydrogen-bond donors (Lipinski definition) is 2. The summed E-state index contributed by atoms with van der Waals surface area (Å²) in [6, 6.07) is 15.3. The van der Waals surface area contributed by atoms with Crippen LogP contribution in [-0.4, -0.2) is 29.3 Å². The van der Waals surface area contributed by atoms with Crippen molar-refractivity contribution < 1.29 is 19.4 Å². The number of amides is 1. The van der Waals surface area contributed by atoms with Gasteiger partial charge in [0.1, 0.15) is 5.75 Å². The van der Waals surface area contributed by atoms with E-state index >= 15 is 0 Å². The Morgan fingerprint density at radius 3 is 2.60 bits per heavy atom. The third-order valence-corrected chi connectivity index (χ3v) is 5.82. The molecule has 0 spiro atoms. The fraction of sp³-hybridized carbons (Fsp3) is 0.333. The fourth-order valence-electron chi connectivity index (χ4n) is 2.48. The molecule has 0 saturated heterocycles. The van der Waals surface area contributed by atoms with E-state index in [1.54, 1.807) is 30.3 Å². The molecule has 2 aromatic rings. The smallest absolute Gasteiger partial charge is 0.303 e. The second kappa shape index (κ2) is 12.8. The van der Waals surface area contributed by atoms with Gasteiger partial charge in [-0.1, -0.05) is 44.5 Å². The minimum absolute atomic E-state index is 0.0478. The lowest BCUT2D eigenvalue weighted by Crippen LogP contribution is -2.10. The van der Waals surface area contributed by atoms with Gasteiger partial charge in [0.15, 0.2) is 0 Å². The standard InChI is InChI=1S/C24H29NO4S/c1-3-18(2)17-30-20-13-10-19(11-14-20)12-15-23(26)25-21-7-4-5-8-22(21)29-16-6-9-24(27)28/h4-5,7-8,10-15,18H,3,6,9,16-17H2,1-2H3,(H,25,26)(H,27,28). The lowest BCUT2D eigenvalue weighted by molar-refractivity contribution is -0.137. The molecule has 160 valence electrons. The van der Waals surface area contributed by atoms with Crippen molar-refractivity contribution in [3.63, 3.8) is 0 Å². The molecule has 0 saturated carbocycles. The minimum Gasteiger partial charge on any atom is -0.491 e. The van der Waals surface area contributed by atoms with E-state index in [1.807, 2.05) is 23.9 Å².